The molecular weight excluding hydrogens is 226 g/mol. The molecule has 1 amide bonds. The number of ether oxygens (including phenoxy) is 1. The quantitative estimate of drug-likeness (QED) is 0.697. The molecule has 1 rings (SSSR count). The van der Waals surface area contributed by atoms with Gasteiger partial charge in [-0.05, 0) is 12.3 Å². The Kier molecular flexibility index (Phi) is 5.06. The minimum absolute atomic E-state index is 0.150. The molecule has 3 nitrogen and oxygen atoms in total. The number of carbonyl (C=O) groups excluding carboxylic acids is 1. The minimum Gasteiger partial charge on any atom is -0.381 e. The second-order valence-electron chi connectivity index (χ2n) is 5.06. The number of amides is 1. The summed E-state index contributed by atoms with van der Waals surface area (Å²) in [4.78, 5) is 13.7. The van der Waals surface area contributed by atoms with E-state index < -0.39 is 0 Å². The van der Waals surface area contributed by atoms with Crippen molar-refractivity contribution in [2.45, 2.75) is 27.2 Å². The molecule has 1 heterocycles. The van der Waals surface area contributed by atoms with Crippen molar-refractivity contribution in [2.75, 3.05) is 32.2 Å². The van der Waals surface area contributed by atoms with Gasteiger partial charge in [-0.15, -0.1) is 11.6 Å². The van der Waals surface area contributed by atoms with Gasteiger partial charge in [0.05, 0.1) is 6.61 Å². The van der Waals surface area contributed by atoms with E-state index in [2.05, 4.69) is 13.8 Å². The first-order valence-corrected chi connectivity index (χ1v) is 6.46. The van der Waals surface area contributed by atoms with Crippen LogP contribution in [0.15, 0.2) is 0 Å². The van der Waals surface area contributed by atoms with Crippen LogP contribution in [-0.4, -0.2) is 43.0 Å². The van der Waals surface area contributed by atoms with Crippen LogP contribution >= 0.6 is 11.6 Å². The zero-order valence-corrected chi connectivity index (χ0v) is 11.2. The van der Waals surface area contributed by atoms with Gasteiger partial charge in [0.1, 0.15) is 0 Å². The normalized spacial score (nSPS) is 23.8. The molecule has 0 aromatic heterocycles. The van der Waals surface area contributed by atoms with Gasteiger partial charge in [-0.25, -0.2) is 0 Å². The van der Waals surface area contributed by atoms with E-state index in [0.29, 0.717) is 18.2 Å². The number of likely N-dealkylation sites (tertiary alicyclic amines) is 1. The van der Waals surface area contributed by atoms with E-state index in [4.69, 9.17) is 16.3 Å². The highest BCUT2D eigenvalue weighted by Crippen LogP contribution is 2.35. The Morgan fingerprint density at radius 1 is 1.56 bits per heavy atom. The third-order valence-corrected chi connectivity index (χ3v) is 3.52. The Balaban J connectivity index is 2.53. The Morgan fingerprint density at radius 3 is 2.81 bits per heavy atom. The van der Waals surface area contributed by atoms with Crippen molar-refractivity contribution in [3.05, 3.63) is 0 Å². The van der Waals surface area contributed by atoms with Crippen molar-refractivity contribution in [2.24, 2.45) is 11.3 Å². The zero-order valence-electron chi connectivity index (χ0n) is 10.5. The van der Waals surface area contributed by atoms with E-state index >= 15 is 0 Å². The lowest BCUT2D eigenvalue weighted by Crippen LogP contribution is -2.30. The van der Waals surface area contributed by atoms with Crippen LogP contribution in [-0.2, 0) is 9.53 Å². The summed E-state index contributed by atoms with van der Waals surface area (Å²) in [7, 11) is 0. The van der Waals surface area contributed by atoms with Crippen LogP contribution in [0.3, 0.4) is 0 Å². The standard InChI is InChI=1S/C12H22ClNO2/c1-4-16-8-10-7-14(9-12(10,2)3)11(15)5-6-13/h10H,4-9H2,1-3H3. The third-order valence-electron chi connectivity index (χ3n) is 3.33. The fraction of sp³-hybridized carbons (Fsp3) is 0.917. The highest BCUT2D eigenvalue weighted by Gasteiger charge is 2.40. The van der Waals surface area contributed by atoms with E-state index in [1.54, 1.807) is 0 Å². The van der Waals surface area contributed by atoms with Gasteiger partial charge in [0.15, 0.2) is 0 Å². The third kappa shape index (κ3) is 3.36. The largest absolute Gasteiger partial charge is 0.381 e. The van der Waals surface area contributed by atoms with Crippen LogP contribution in [0.25, 0.3) is 0 Å². The summed E-state index contributed by atoms with van der Waals surface area (Å²) in [5.41, 5.74) is 0.150. The minimum atomic E-state index is 0.150. The fourth-order valence-electron chi connectivity index (χ4n) is 2.17. The van der Waals surface area contributed by atoms with Gasteiger partial charge in [0.25, 0.3) is 0 Å². The monoisotopic (exact) mass is 247 g/mol. The topological polar surface area (TPSA) is 29.5 Å². The Labute approximate surface area is 103 Å². The highest BCUT2D eigenvalue weighted by molar-refractivity contribution is 6.18. The molecule has 4 heteroatoms. The van der Waals surface area contributed by atoms with Crippen molar-refractivity contribution < 1.29 is 9.53 Å². The van der Waals surface area contributed by atoms with Crippen LogP contribution in [0.1, 0.15) is 27.2 Å². The van der Waals surface area contributed by atoms with Crippen LogP contribution in [0.4, 0.5) is 0 Å². The van der Waals surface area contributed by atoms with Crippen molar-refractivity contribution >= 4 is 17.5 Å². The Bertz CT molecular complexity index is 243. The molecule has 1 fully saturated rings. The molecule has 1 aliphatic heterocycles. The van der Waals surface area contributed by atoms with Gasteiger partial charge in [-0.3, -0.25) is 4.79 Å². The second-order valence-corrected chi connectivity index (χ2v) is 5.44. The first-order chi connectivity index (χ1) is 7.51. The second kappa shape index (κ2) is 5.87. The van der Waals surface area contributed by atoms with Gasteiger partial charge in [0.2, 0.25) is 5.91 Å². The molecule has 0 aromatic carbocycles. The molecule has 0 bridgehead atoms. The van der Waals surface area contributed by atoms with E-state index in [9.17, 15) is 4.79 Å². The summed E-state index contributed by atoms with van der Waals surface area (Å²) >= 11 is 5.59. The maximum absolute atomic E-state index is 11.8. The average Bonchev–Trinajstić information content (AvgIpc) is 2.51. The lowest BCUT2D eigenvalue weighted by molar-refractivity contribution is -0.130. The molecule has 0 radical (unpaired) electrons. The summed E-state index contributed by atoms with van der Waals surface area (Å²) in [5.74, 6) is 1.01. The maximum Gasteiger partial charge on any atom is 0.223 e. The average molecular weight is 248 g/mol. The van der Waals surface area contributed by atoms with Crippen LogP contribution in [0.2, 0.25) is 0 Å². The molecule has 0 aromatic rings. The number of hydrogen-bond donors (Lipinski definition) is 0. The lowest BCUT2D eigenvalue weighted by Gasteiger charge is -2.24. The highest BCUT2D eigenvalue weighted by atomic mass is 35.5. The summed E-state index contributed by atoms with van der Waals surface area (Å²) in [5, 5.41) is 0. The molecule has 1 aliphatic rings. The lowest BCUT2D eigenvalue weighted by atomic mass is 9.83. The molecule has 1 saturated heterocycles. The zero-order chi connectivity index (χ0) is 12.2. The molecule has 0 aliphatic carbocycles. The molecule has 1 unspecified atom stereocenters. The molecule has 16 heavy (non-hydrogen) atoms. The number of carbonyl (C=O) groups is 1. The van der Waals surface area contributed by atoms with Crippen molar-refractivity contribution in [1.29, 1.82) is 0 Å². The Morgan fingerprint density at radius 2 is 2.25 bits per heavy atom. The van der Waals surface area contributed by atoms with E-state index in [1.807, 2.05) is 11.8 Å². The molecule has 0 N–H and O–H groups in total. The first-order valence-electron chi connectivity index (χ1n) is 5.92. The fourth-order valence-corrected chi connectivity index (χ4v) is 2.33. The summed E-state index contributed by atoms with van der Waals surface area (Å²) < 4.78 is 5.48. The van der Waals surface area contributed by atoms with Gasteiger partial charge in [0, 0.05) is 37.9 Å². The van der Waals surface area contributed by atoms with E-state index in [1.165, 1.54) is 0 Å². The number of rotatable bonds is 5. The molecular formula is C12H22ClNO2. The van der Waals surface area contributed by atoms with Crippen molar-refractivity contribution in [3.63, 3.8) is 0 Å². The van der Waals surface area contributed by atoms with Crippen molar-refractivity contribution in [1.82, 2.24) is 4.90 Å². The van der Waals surface area contributed by atoms with Gasteiger partial charge >= 0.3 is 0 Å². The van der Waals surface area contributed by atoms with E-state index in [0.717, 1.165) is 26.3 Å². The molecule has 1 atom stereocenters. The predicted octanol–water partition coefficient (Wildman–Crippen LogP) is 2.14. The van der Waals surface area contributed by atoms with Crippen LogP contribution in [0, 0.1) is 11.3 Å². The van der Waals surface area contributed by atoms with Gasteiger partial charge < -0.3 is 9.64 Å². The maximum atomic E-state index is 11.8. The van der Waals surface area contributed by atoms with Gasteiger partial charge in [-0.1, -0.05) is 13.8 Å². The summed E-state index contributed by atoms with van der Waals surface area (Å²) in [6.45, 7) is 9.51. The van der Waals surface area contributed by atoms with Crippen molar-refractivity contribution in [3.8, 4) is 0 Å². The summed E-state index contributed by atoms with van der Waals surface area (Å²) in [6, 6.07) is 0. The number of alkyl halides is 1. The summed E-state index contributed by atoms with van der Waals surface area (Å²) in [6.07, 6.45) is 0.443. The number of nitrogens with zero attached hydrogens (tertiary/aromatic N) is 1. The van der Waals surface area contributed by atoms with Crippen LogP contribution in [0.5, 0.6) is 0 Å². The first kappa shape index (κ1) is 13.8. The molecule has 94 valence electrons. The van der Waals surface area contributed by atoms with E-state index in [-0.39, 0.29) is 11.3 Å². The van der Waals surface area contributed by atoms with Gasteiger partial charge in [-0.2, -0.15) is 0 Å². The number of halogens is 1. The Hall–Kier alpha value is -0.280. The molecule has 0 spiro atoms. The number of hydrogen-bond acceptors (Lipinski definition) is 2. The molecule has 0 saturated carbocycles. The predicted molar refractivity (Wildman–Crippen MR) is 65.7 cm³/mol. The SMILES string of the molecule is CCOCC1CN(C(=O)CCCl)CC1(C)C. The smallest absolute Gasteiger partial charge is 0.223 e. The van der Waals surface area contributed by atoms with Crippen LogP contribution < -0.4 is 0 Å².